The van der Waals surface area contributed by atoms with E-state index < -0.39 is 0 Å². The van der Waals surface area contributed by atoms with Gasteiger partial charge in [-0.1, -0.05) is 30.3 Å². The lowest BCUT2D eigenvalue weighted by Crippen LogP contribution is -2.37. The summed E-state index contributed by atoms with van der Waals surface area (Å²) >= 11 is 1.53. The van der Waals surface area contributed by atoms with Crippen molar-refractivity contribution in [3.8, 4) is 0 Å². The molecule has 2 aromatic rings. The maximum absolute atomic E-state index is 12.1. The van der Waals surface area contributed by atoms with Crippen molar-refractivity contribution in [2.45, 2.75) is 32.4 Å². The molecule has 1 atom stereocenters. The smallest absolute Gasteiger partial charge is 0.315 e. The molecule has 0 radical (unpaired) electrons. The lowest BCUT2D eigenvalue weighted by Gasteiger charge is -2.19. The van der Waals surface area contributed by atoms with E-state index in [0.717, 1.165) is 16.1 Å². The summed E-state index contributed by atoms with van der Waals surface area (Å²) in [6, 6.07) is 9.49. The van der Waals surface area contributed by atoms with E-state index in [0.29, 0.717) is 19.4 Å². The van der Waals surface area contributed by atoms with Crippen molar-refractivity contribution < 1.29 is 9.90 Å². The van der Waals surface area contributed by atoms with Crippen molar-refractivity contribution in [1.29, 1.82) is 0 Å². The number of aryl methyl sites for hydroxylation is 1. The highest BCUT2D eigenvalue weighted by atomic mass is 32.1. The van der Waals surface area contributed by atoms with Gasteiger partial charge in [-0.15, -0.1) is 11.3 Å². The van der Waals surface area contributed by atoms with Gasteiger partial charge < -0.3 is 15.7 Å². The van der Waals surface area contributed by atoms with E-state index in [1.165, 1.54) is 11.3 Å². The van der Waals surface area contributed by atoms with Gasteiger partial charge in [-0.3, -0.25) is 0 Å². The number of thiazole rings is 1. The Balaban J connectivity index is 1.91. The molecule has 1 heterocycles. The van der Waals surface area contributed by atoms with Crippen molar-refractivity contribution >= 4 is 17.4 Å². The van der Waals surface area contributed by atoms with Gasteiger partial charge in [-0.2, -0.15) is 0 Å². The van der Waals surface area contributed by atoms with E-state index in [-0.39, 0.29) is 18.7 Å². The minimum atomic E-state index is -0.209. The number of benzene rings is 1. The molecule has 0 aliphatic heterocycles. The van der Waals surface area contributed by atoms with Crippen LogP contribution in [0.15, 0.2) is 35.8 Å². The van der Waals surface area contributed by atoms with Crippen LogP contribution in [-0.4, -0.2) is 22.7 Å². The number of nitrogens with one attached hydrogen (secondary N) is 2. The summed E-state index contributed by atoms with van der Waals surface area (Å²) < 4.78 is 0. The predicted octanol–water partition coefficient (Wildman–Crippen LogP) is 2.76. The van der Waals surface area contributed by atoms with E-state index in [2.05, 4.69) is 15.6 Å². The molecule has 0 fully saturated rings. The van der Waals surface area contributed by atoms with E-state index >= 15 is 0 Å². The van der Waals surface area contributed by atoms with Gasteiger partial charge in [0.2, 0.25) is 0 Å². The Bertz CT molecular complexity index is 586. The molecule has 0 saturated carbocycles. The van der Waals surface area contributed by atoms with Gasteiger partial charge in [-0.25, -0.2) is 9.78 Å². The van der Waals surface area contributed by atoms with Crippen LogP contribution in [0.1, 0.15) is 35.0 Å². The number of aliphatic hydroxyl groups is 1. The largest absolute Gasteiger partial charge is 0.396 e. The standard InChI is InChI=1S/C16H21N3O2S/c1-12-15(22-11-18-12)10-17-16(21)19-14(8-5-9-20)13-6-3-2-4-7-13/h2-4,6-7,11,14,20H,5,8-10H2,1H3,(H2,17,19,21). The average Bonchev–Trinajstić information content (AvgIpc) is 2.95. The Morgan fingerprint density at radius 3 is 2.77 bits per heavy atom. The molecule has 0 aliphatic rings. The predicted molar refractivity (Wildman–Crippen MR) is 87.7 cm³/mol. The minimum Gasteiger partial charge on any atom is -0.396 e. The summed E-state index contributed by atoms with van der Waals surface area (Å²) in [6.07, 6.45) is 1.35. The van der Waals surface area contributed by atoms with Crippen LogP contribution < -0.4 is 10.6 Å². The van der Waals surface area contributed by atoms with Crippen LogP contribution in [0.2, 0.25) is 0 Å². The second-order valence-electron chi connectivity index (χ2n) is 5.02. The topological polar surface area (TPSA) is 74.2 Å². The second-order valence-corrected chi connectivity index (χ2v) is 5.96. The highest BCUT2D eigenvalue weighted by Gasteiger charge is 2.14. The molecular formula is C16H21N3O2S. The Hall–Kier alpha value is -1.92. The zero-order valence-corrected chi connectivity index (χ0v) is 13.4. The van der Waals surface area contributed by atoms with Gasteiger partial charge in [0, 0.05) is 11.5 Å². The Labute approximate surface area is 134 Å². The third kappa shape index (κ3) is 4.82. The van der Waals surface area contributed by atoms with Gasteiger partial charge in [0.1, 0.15) is 0 Å². The molecule has 2 rings (SSSR count). The maximum atomic E-state index is 12.1. The summed E-state index contributed by atoms with van der Waals surface area (Å²) in [5.74, 6) is 0. The van der Waals surface area contributed by atoms with Gasteiger partial charge in [0.15, 0.2) is 0 Å². The molecular weight excluding hydrogens is 298 g/mol. The second kappa shape index (κ2) is 8.51. The van der Waals surface area contributed by atoms with E-state index in [1.807, 2.05) is 37.3 Å². The van der Waals surface area contributed by atoms with E-state index in [1.54, 1.807) is 5.51 Å². The first-order chi connectivity index (χ1) is 10.7. The lowest BCUT2D eigenvalue weighted by atomic mass is 10.0. The number of carbonyl (C=O) groups excluding carboxylic acids is 1. The van der Waals surface area contributed by atoms with Crippen LogP contribution >= 0.6 is 11.3 Å². The molecule has 118 valence electrons. The number of urea groups is 1. The SMILES string of the molecule is Cc1ncsc1CNC(=O)NC(CCCO)c1ccccc1. The van der Waals surface area contributed by atoms with Crippen LogP contribution in [0.4, 0.5) is 4.79 Å². The monoisotopic (exact) mass is 319 g/mol. The average molecular weight is 319 g/mol. The van der Waals surface area contributed by atoms with Crippen molar-refractivity contribution in [1.82, 2.24) is 15.6 Å². The molecule has 0 bridgehead atoms. The lowest BCUT2D eigenvalue weighted by molar-refractivity contribution is 0.233. The zero-order valence-electron chi connectivity index (χ0n) is 12.6. The number of amides is 2. The highest BCUT2D eigenvalue weighted by Crippen LogP contribution is 2.18. The number of rotatable bonds is 7. The first kappa shape index (κ1) is 16.5. The van der Waals surface area contributed by atoms with E-state index in [4.69, 9.17) is 5.11 Å². The van der Waals surface area contributed by atoms with Gasteiger partial charge in [0.25, 0.3) is 0 Å². The molecule has 22 heavy (non-hydrogen) atoms. The quantitative estimate of drug-likeness (QED) is 0.734. The number of hydrogen-bond acceptors (Lipinski definition) is 4. The van der Waals surface area contributed by atoms with Crippen LogP contribution in [0, 0.1) is 6.92 Å². The molecule has 5 nitrogen and oxygen atoms in total. The van der Waals surface area contributed by atoms with Crippen molar-refractivity contribution in [2.24, 2.45) is 0 Å². The number of aromatic nitrogens is 1. The normalized spacial score (nSPS) is 11.9. The number of nitrogens with zero attached hydrogens (tertiary/aromatic N) is 1. The van der Waals surface area contributed by atoms with Crippen LogP contribution in [0.25, 0.3) is 0 Å². The van der Waals surface area contributed by atoms with Gasteiger partial charge in [0.05, 0.1) is 23.8 Å². The third-order valence-corrected chi connectivity index (χ3v) is 4.35. The fourth-order valence-electron chi connectivity index (χ4n) is 2.17. The number of aliphatic hydroxyl groups excluding tert-OH is 1. The molecule has 1 aromatic heterocycles. The van der Waals surface area contributed by atoms with Crippen LogP contribution in [0.5, 0.6) is 0 Å². The number of carbonyl (C=O) groups is 1. The Kier molecular flexibility index (Phi) is 6.36. The Morgan fingerprint density at radius 1 is 1.36 bits per heavy atom. The summed E-state index contributed by atoms with van der Waals surface area (Å²) in [7, 11) is 0. The summed E-state index contributed by atoms with van der Waals surface area (Å²) in [4.78, 5) is 17.3. The Morgan fingerprint density at radius 2 is 2.14 bits per heavy atom. The van der Waals surface area contributed by atoms with Crippen molar-refractivity contribution in [3.63, 3.8) is 0 Å². The molecule has 0 spiro atoms. The first-order valence-electron chi connectivity index (χ1n) is 7.30. The van der Waals surface area contributed by atoms with Gasteiger partial charge in [-0.05, 0) is 25.3 Å². The van der Waals surface area contributed by atoms with E-state index in [9.17, 15) is 4.79 Å². The molecule has 6 heteroatoms. The fraction of sp³-hybridized carbons (Fsp3) is 0.375. The summed E-state index contributed by atoms with van der Waals surface area (Å²) in [5.41, 5.74) is 3.77. The fourth-order valence-corrected chi connectivity index (χ4v) is 2.89. The molecule has 3 N–H and O–H groups in total. The third-order valence-electron chi connectivity index (χ3n) is 3.41. The van der Waals surface area contributed by atoms with Crippen LogP contribution in [0.3, 0.4) is 0 Å². The first-order valence-corrected chi connectivity index (χ1v) is 8.18. The van der Waals surface area contributed by atoms with Crippen LogP contribution in [-0.2, 0) is 6.54 Å². The highest BCUT2D eigenvalue weighted by molar-refractivity contribution is 7.09. The molecule has 0 saturated heterocycles. The van der Waals surface area contributed by atoms with Crippen molar-refractivity contribution in [3.05, 3.63) is 52.0 Å². The molecule has 2 amide bonds. The number of hydrogen-bond donors (Lipinski definition) is 3. The summed E-state index contributed by atoms with van der Waals surface area (Å²) in [6.45, 7) is 2.52. The molecule has 0 aliphatic carbocycles. The van der Waals surface area contributed by atoms with Gasteiger partial charge >= 0.3 is 6.03 Å². The zero-order chi connectivity index (χ0) is 15.8. The minimum absolute atomic E-state index is 0.101. The summed E-state index contributed by atoms with van der Waals surface area (Å²) in [5, 5.41) is 14.9. The molecule has 1 unspecified atom stereocenters. The van der Waals surface area contributed by atoms with Crippen molar-refractivity contribution in [2.75, 3.05) is 6.61 Å². The maximum Gasteiger partial charge on any atom is 0.315 e. The molecule has 1 aromatic carbocycles.